The Labute approximate surface area is 205 Å². The molecule has 0 fully saturated rings. The van der Waals surface area contributed by atoms with Crippen molar-refractivity contribution in [3.8, 4) is 0 Å². The molecule has 2 aromatic rings. The molecule has 0 unspecified atom stereocenters. The number of carbonyl (C=O) groups excluding carboxylic acids is 2. The minimum atomic E-state index is -3.83. The summed E-state index contributed by atoms with van der Waals surface area (Å²) < 4.78 is 26.0. The minimum absolute atomic E-state index is 0.154. The molecule has 0 bridgehead atoms. The number of sulfonamides is 1. The highest BCUT2D eigenvalue weighted by Crippen LogP contribution is 2.28. The van der Waals surface area contributed by atoms with Crippen molar-refractivity contribution in [2.45, 2.75) is 39.3 Å². The van der Waals surface area contributed by atoms with E-state index in [9.17, 15) is 18.0 Å². The number of amides is 2. The average molecular weight is 514 g/mol. The second kappa shape index (κ2) is 12.3. The molecular formula is C23H29Cl2N3O4S. The lowest BCUT2D eigenvalue weighted by Crippen LogP contribution is -2.51. The second-order valence-corrected chi connectivity index (χ2v) is 10.4. The van der Waals surface area contributed by atoms with Crippen LogP contribution in [0.4, 0.5) is 5.69 Å². The lowest BCUT2D eigenvalue weighted by molar-refractivity contribution is -0.139. The Kier molecular flexibility index (Phi) is 10.0. The van der Waals surface area contributed by atoms with Gasteiger partial charge in [0, 0.05) is 13.1 Å². The average Bonchev–Trinajstić information content (AvgIpc) is 2.77. The Morgan fingerprint density at radius 2 is 1.73 bits per heavy atom. The van der Waals surface area contributed by atoms with Crippen molar-refractivity contribution in [3.05, 3.63) is 64.1 Å². The highest BCUT2D eigenvalue weighted by atomic mass is 35.5. The number of carbonyl (C=O) groups is 2. The van der Waals surface area contributed by atoms with Gasteiger partial charge < -0.3 is 10.2 Å². The normalized spacial score (nSPS) is 12.2. The van der Waals surface area contributed by atoms with Crippen molar-refractivity contribution >= 4 is 50.7 Å². The van der Waals surface area contributed by atoms with Gasteiger partial charge in [-0.2, -0.15) is 0 Å². The third-order valence-corrected chi connectivity index (χ3v) is 6.94. The highest BCUT2D eigenvalue weighted by molar-refractivity contribution is 7.92. The first-order chi connectivity index (χ1) is 15.5. The molecular weight excluding hydrogens is 485 g/mol. The zero-order chi connectivity index (χ0) is 24.6. The zero-order valence-electron chi connectivity index (χ0n) is 18.9. The van der Waals surface area contributed by atoms with Crippen molar-refractivity contribution in [2.75, 3.05) is 23.7 Å². The van der Waals surface area contributed by atoms with Crippen molar-refractivity contribution in [3.63, 3.8) is 0 Å². The van der Waals surface area contributed by atoms with Crippen LogP contribution in [0.2, 0.25) is 10.0 Å². The number of hydrogen-bond acceptors (Lipinski definition) is 4. The largest absolute Gasteiger partial charge is 0.354 e. The molecule has 10 heteroatoms. The van der Waals surface area contributed by atoms with Gasteiger partial charge in [-0.3, -0.25) is 13.9 Å². The Morgan fingerprint density at radius 1 is 1.06 bits per heavy atom. The molecule has 0 spiro atoms. The molecule has 0 aliphatic heterocycles. The van der Waals surface area contributed by atoms with Crippen LogP contribution in [-0.4, -0.2) is 50.5 Å². The van der Waals surface area contributed by atoms with Crippen LogP contribution in [-0.2, 0) is 26.2 Å². The first kappa shape index (κ1) is 27.0. The van der Waals surface area contributed by atoms with Crippen molar-refractivity contribution in [1.82, 2.24) is 10.2 Å². The summed E-state index contributed by atoms with van der Waals surface area (Å²) in [5.74, 6) is -0.818. The molecule has 180 valence electrons. The summed E-state index contributed by atoms with van der Waals surface area (Å²) in [6.07, 6.45) is 2.75. The summed E-state index contributed by atoms with van der Waals surface area (Å²) in [5, 5.41) is 3.27. The maximum atomic E-state index is 13.4. The molecule has 0 aromatic heterocycles. The molecule has 7 nitrogen and oxygen atoms in total. The molecule has 2 aromatic carbocycles. The number of hydrogen-bond donors (Lipinski definition) is 1. The van der Waals surface area contributed by atoms with Crippen LogP contribution in [0, 0.1) is 0 Å². The molecule has 2 rings (SSSR count). The van der Waals surface area contributed by atoms with Crippen LogP contribution in [0.3, 0.4) is 0 Å². The fraction of sp³-hybridized carbons (Fsp3) is 0.391. The van der Waals surface area contributed by atoms with Crippen molar-refractivity contribution < 1.29 is 18.0 Å². The van der Waals surface area contributed by atoms with Gasteiger partial charge in [-0.05, 0) is 37.1 Å². The Balaban J connectivity index is 2.34. The topological polar surface area (TPSA) is 86.8 Å². The number of benzene rings is 2. The fourth-order valence-corrected chi connectivity index (χ4v) is 4.29. The number of anilines is 1. The summed E-state index contributed by atoms with van der Waals surface area (Å²) in [7, 11) is -3.83. The van der Waals surface area contributed by atoms with Gasteiger partial charge in [0.2, 0.25) is 21.8 Å². The molecule has 0 heterocycles. The van der Waals surface area contributed by atoms with Crippen molar-refractivity contribution in [1.29, 1.82) is 0 Å². The van der Waals surface area contributed by atoms with Gasteiger partial charge in [0.15, 0.2) is 0 Å². The number of nitrogens with zero attached hydrogens (tertiary/aromatic N) is 2. The van der Waals surface area contributed by atoms with E-state index >= 15 is 0 Å². The van der Waals surface area contributed by atoms with Gasteiger partial charge >= 0.3 is 0 Å². The van der Waals surface area contributed by atoms with Gasteiger partial charge in [0.05, 0.1) is 22.0 Å². The lowest BCUT2D eigenvalue weighted by atomic mass is 10.1. The number of rotatable bonds is 11. The van der Waals surface area contributed by atoms with E-state index in [4.69, 9.17) is 23.2 Å². The molecule has 1 atom stereocenters. The molecule has 2 amide bonds. The van der Waals surface area contributed by atoms with Crippen LogP contribution in [0.15, 0.2) is 48.5 Å². The van der Waals surface area contributed by atoms with E-state index in [1.165, 1.54) is 23.1 Å². The Hall–Kier alpha value is -2.29. The lowest BCUT2D eigenvalue weighted by Gasteiger charge is -2.31. The van der Waals surface area contributed by atoms with Crippen LogP contribution in [0.5, 0.6) is 0 Å². The summed E-state index contributed by atoms with van der Waals surface area (Å²) in [6, 6.07) is 12.7. The smallest absolute Gasteiger partial charge is 0.244 e. The SMILES string of the molecule is CCCCNC(=O)[C@@H](C)N(Cc1ccccc1)C(=O)CN(c1ccc(Cl)c(Cl)c1)S(C)(=O)=O. The van der Waals surface area contributed by atoms with Gasteiger partial charge in [0.25, 0.3) is 0 Å². The van der Waals surface area contributed by atoms with E-state index in [2.05, 4.69) is 5.32 Å². The summed E-state index contributed by atoms with van der Waals surface area (Å²) in [5.41, 5.74) is 1.03. The Morgan fingerprint density at radius 3 is 2.30 bits per heavy atom. The monoisotopic (exact) mass is 513 g/mol. The van der Waals surface area contributed by atoms with Crippen molar-refractivity contribution in [2.24, 2.45) is 0 Å². The van der Waals surface area contributed by atoms with Gasteiger partial charge in [-0.1, -0.05) is 66.9 Å². The maximum absolute atomic E-state index is 13.4. The molecule has 0 aliphatic rings. The number of unbranched alkanes of at least 4 members (excludes halogenated alkanes) is 1. The first-order valence-electron chi connectivity index (χ1n) is 10.6. The molecule has 0 radical (unpaired) electrons. The fourth-order valence-electron chi connectivity index (χ4n) is 3.15. The molecule has 0 saturated heterocycles. The summed E-state index contributed by atoms with van der Waals surface area (Å²) >= 11 is 12.0. The third kappa shape index (κ3) is 7.91. The van der Waals surface area contributed by atoms with Crippen LogP contribution >= 0.6 is 23.2 Å². The quantitative estimate of drug-likeness (QED) is 0.458. The van der Waals surface area contributed by atoms with Crippen LogP contribution in [0.25, 0.3) is 0 Å². The number of halogens is 2. The van der Waals surface area contributed by atoms with Gasteiger partial charge in [-0.15, -0.1) is 0 Å². The van der Waals surface area contributed by atoms with Crippen LogP contribution < -0.4 is 9.62 Å². The van der Waals surface area contributed by atoms with E-state index < -0.39 is 28.5 Å². The predicted octanol–water partition coefficient (Wildman–Crippen LogP) is 4.09. The molecule has 33 heavy (non-hydrogen) atoms. The third-order valence-electron chi connectivity index (χ3n) is 5.06. The molecule has 1 N–H and O–H groups in total. The molecule has 0 saturated carbocycles. The Bertz CT molecular complexity index is 1060. The van der Waals surface area contributed by atoms with E-state index in [0.29, 0.717) is 6.54 Å². The maximum Gasteiger partial charge on any atom is 0.244 e. The first-order valence-corrected chi connectivity index (χ1v) is 13.2. The summed E-state index contributed by atoms with van der Waals surface area (Å²) in [6.45, 7) is 3.82. The van der Waals surface area contributed by atoms with Gasteiger partial charge in [-0.25, -0.2) is 8.42 Å². The van der Waals surface area contributed by atoms with Gasteiger partial charge in [0.1, 0.15) is 12.6 Å². The summed E-state index contributed by atoms with van der Waals surface area (Å²) in [4.78, 5) is 27.5. The molecule has 0 aliphatic carbocycles. The van der Waals surface area contributed by atoms with E-state index in [0.717, 1.165) is 29.0 Å². The highest BCUT2D eigenvalue weighted by Gasteiger charge is 2.30. The zero-order valence-corrected chi connectivity index (χ0v) is 21.3. The standard InChI is InChI=1S/C23H29Cl2N3O4S/c1-4-5-13-26-23(30)17(2)27(15-18-9-7-6-8-10-18)22(29)16-28(33(3,31)32)19-11-12-20(24)21(25)14-19/h6-12,14,17H,4-5,13,15-16H2,1-3H3,(H,26,30)/t17-/m1/s1. The van der Waals surface area contributed by atoms with E-state index in [-0.39, 0.29) is 28.2 Å². The minimum Gasteiger partial charge on any atom is -0.354 e. The number of nitrogens with one attached hydrogen (secondary N) is 1. The predicted molar refractivity (Wildman–Crippen MR) is 133 cm³/mol. The second-order valence-electron chi connectivity index (χ2n) is 7.70. The van der Waals surface area contributed by atoms with E-state index in [1.807, 2.05) is 37.3 Å². The van der Waals surface area contributed by atoms with E-state index in [1.54, 1.807) is 6.92 Å². The van der Waals surface area contributed by atoms with Crippen LogP contribution in [0.1, 0.15) is 32.3 Å².